The van der Waals surface area contributed by atoms with Crippen LogP contribution in [0.5, 0.6) is 0 Å². The molecule has 0 bridgehead atoms. The maximum absolute atomic E-state index is 5.26. The summed E-state index contributed by atoms with van der Waals surface area (Å²) in [5.74, 6) is 0.904. The molecule has 2 atom stereocenters. The van der Waals surface area contributed by atoms with Gasteiger partial charge in [0.15, 0.2) is 0 Å². The molecule has 0 spiro atoms. The molecule has 0 aliphatic heterocycles. The van der Waals surface area contributed by atoms with Crippen molar-refractivity contribution in [3.63, 3.8) is 0 Å². The van der Waals surface area contributed by atoms with E-state index in [2.05, 4.69) is 19.2 Å². The van der Waals surface area contributed by atoms with Crippen LogP contribution in [0.4, 0.5) is 0 Å². The van der Waals surface area contributed by atoms with Crippen molar-refractivity contribution in [3.8, 4) is 0 Å². The highest BCUT2D eigenvalue weighted by molar-refractivity contribution is 4.80. The Hall–Kier alpha value is -0.0800. The number of hydrogen-bond acceptors (Lipinski definition) is 2. The molecule has 1 rings (SSSR count). The molecule has 0 radical (unpaired) electrons. The van der Waals surface area contributed by atoms with E-state index in [0.29, 0.717) is 12.1 Å². The van der Waals surface area contributed by atoms with Crippen molar-refractivity contribution in [2.45, 2.75) is 64.5 Å². The first-order valence-corrected chi connectivity index (χ1v) is 6.53. The Morgan fingerprint density at radius 2 is 2.00 bits per heavy atom. The Balaban J connectivity index is 2.28. The Bertz CT molecular complexity index is 149. The third kappa shape index (κ3) is 4.52. The molecule has 2 unspecified atom stereocenters. The number of methoxy groups -OCH3 is 1. The minimum atomic E-state index is 0.551. The summed E-state index contributed by atoms with van der Waals surface area (Å²) < 4.78 is 5.26. The smallest absolute Gasteiger partial charge is 0.0615 e. The van der Waals surface area contributed by atoms with E-state index in [-0.39, 0.29) is 0 Å². The maximum atomic E-state index is 5.26. The zero-order valence-corrected chi connectivity index (χ0v) is 10.6. The van der Waals surface area contributed by atoms with E-state index >= 15 is 0 Å². The summed E-state index contributed by atoms with van der Waals surface area (Å²) in [7, 11) is 1.80. The van der Waals surface area contributed by atoms with Gasteiger partial charge in [-0.25, -0.2) is 0 Å². The van der Waals surface area contributed by atoms with E-state index in [9.17, 15) is 0 Å². The molecular formula is C13H27NO. The SMILES string of the molecule is CCCC(COC)NC(C)C1CCCC1. The topological polar surface area (TPSA) is 21.3 Å². The third-order valence-corrected chi connectivity index (χ3v) is 3.61. The van der Waals surface area contributed by atoms with Crippen molar-refractivity contribution >= 4 is 0 Å². The van der Waals surface area contributed by atoms with Gasteiger partial charge in [0.2, 0.25) is 0 Å². The van der Waals surface area contributed by atoms with Crippen LogP contribution >= 0.6 is 0 Å². The van der Waals surface area contributed by atoms with Crippen molar-refractivity contribution in [2.24, 2.45) is 5.92 Å². The van der Waals surface area contributed by atoms with Crippen LogP contribution in [0.2, 0.25) is 0 Å². The van der Waals surface area contributed by atoms with Crippen molar-refractivity contribution in [3.05, 3.63) is 0 Å². The Morgan fingerprint density at radius 1 is 1.33 bits per heavy atom. The summed E-state index contributed by atoms with van der Waals surface area (Å²) in [4.78, 5) is 0. The predicted octanol–water partition coefficient (Wildman–Crippen LogP) is 2.97. The van der Waals surface area contributed by atoms with Crippen molar-refractivity contribution < 1.29 is 4.74 Å². The molecule has 1 saturated carbocycles. The van der Waals surface area contributed by atoms with Gasteiger partial charge in [-0.1, -0.05) is 26.2 Å². The second kappa shape index (κ2) is 7.24. The molecule has 1 fully saturated rings. The van der Waals surface area contributed by atoms with Gasteiger partial charge in [-0.15, -0.1) is 0 Å². The summed E-state index contributed by atoms with van der Waals surface area (Å²) in [6.45, 7) is 5.43. The normalized spacial score (nSPS) is 21.8. The minimum Gasteiger partial charge on any atom is -0.383 e. The fourth-order valence-corrected chi connectivity index (χ4v) is 2.73. The number of rotatable bonds is 7. The monoisotopic (exact) mass is 213 g/mol. The van der Waals surface area contributed by atoms with E-state index < -0.39 is 0 Å². The van der Waals surface area contributed by atoms with Crippen molar-refractivity contribution in [1.29, 1.82) is 0 Å². The molecule has 15 heavy (non-hydrogen) atoms. The lowest BCUT2D eigenvalue weighted by molar-refractivity contribution is 0.151. The minimum absolute atomic E-state index is 0.551. The number of ether oxygens (including phenoxy) is 1. The molecule has 0 aromatic carbocycles. The van der Waals surface area contributed by atoms with Crippen LogP contribution in [0, 0.1) is 5.92 Å². The summed E-state index contributed by atoms with van der Waals surface area (Å²) in [5.41, 5.74) is 0. The second-order valence-corrected chi connectivity index (χ2v) is 4.94. The average Bonchev–Trinajstić information content (AvgIpc) is 2.71. The molecule has 0 aromatic rings. The molecule has 0 aromatic heterocycles. The van der Waals surface area contributed by atoms with Crippen molar-refractivity contribution in [2.75, 3.05) is 13.7 Å². The molecule has 1 aliphatic carbocycles. The lowest BCUT2D eigenvalue weighted by Crippen LogP contribution is -2.42. The van der Waals surface area contributed by atoms with E-state index in [1.807, 2.05) is 0 Å². The second-order valence-electron chi connectivity index (χ2n) is 4.94. The highest BCUT2D eigenvalue weighted by Crippen LogP contribution is 2.27. The van der Waals surface area contributed by atoms with Gasteiger partial charge in [0, 0.05) is 19.2 Å². The van der Waals surface area contributed by atoms with Gasteiger partial charge in [-0.05, 0) is 32.1 Å². The van der Waals surface area contributed by atoms with Crippen LogP contribution in [0.15, 0.2) is 0 Å². The zero-order valence-electron chi connectivity index (χ0n) is 10.6. The molecule has 0 saturated heterocycles. The molecule has 1 N–H and O–H groups in total. The fraction of sp³-hybridized carbons (Fsp3) is 1.00. The molecule has 2 heteroatoms. The van der Waals surface area contributed by atoms with Crippen LogP contribution in [0.25, 0.3) is 0 Å². The third-order valence-electron chi connectivity index (χ3n) is 3.61. The summed E-state index contributed by atoms with van der Waals surface area (Å²) in [5, 5.41) is 3.74. The quantitative estimate of drug-likeness (QED) is 0.702. The predicted molar refractivity (Wildman–Crippen MR) is 65.1 cm³/mol. The van der Waals surface area contributed by atoms with E-state index in [1.165, 1.54) is 38.5 Å². The highest BCUT2D eigenvalue weighted by atomic mass is 16.5. The standard InChI is InChI=1S/C13H27NO/c1-4-7-13(10-15-3)14-11(2)12-8-5-6-9-12/h11-14H,4-10H2,1-3H3. The maximum Gasteiger partial charge on any atom is 0.0615 e. The van der Waals surface area contributed by atoms with Crippen LogP contribution in [-0.2, 0) is 4.74 Å². The Kier molecular flexibility index (Phi) is 6.26. The molecule has 0 amide bonds. The van der Waals surface area contributed by atoms with Gasteiger partial charge >= 0.3 is 0 Å². The van der Waals surface area contributed by atoms with Gasteiger partial charge in [0.05, 0.1) is 6.61 Å². The largest absolute Gasteiger partial charge is 0.383 e. The summed E-state index contributed by atoms with van der Waals surface area (Å²) in [6.07, 6.45) is 8.15. The molecule has 0 heterocycles. The summed E-state index contributed by atoms with van der Waals surface area (Å²) >= 11 is 0. The van der Waals surface area contributed by atoms with Gasteiger partial charge in [-0.3, -0.25) is 0 Å². The van der Waals surface area contributed by atoms with Gasteiger partial charge in [0.25, 0.3) is 0 Å². The number of hydrogen-bond donors (Lipinski definition) is 1. The first-order valence-electron chi connectivity index (χ1n) is 6.53. The molecule has 1 aliphatic rings. The van der Waals surface area contributed by atoms with Crippen LogP contribution in [0.3, 0.4) is 0 Å². The first kappa shape index (κ1) is 13.0. The first-order chi connectivity index (χ1) is 7.27. The van der Waals surface area contributed by atoms with Crippen LogP contribution < -0.4 is 5.32 Å². The Labute approximate surface area is 94.8 Å². The average molecular weight is 213 g/mol. The molecule has 90 valence electrons. The van der Waals surface area contributed by atoms with Crippen LogP contribution in [-0.4, -0.2) is 25.8 Å². The lowest BCUT2D eigenvalue weighted by Gasteiger charge is -2.26. The summed E-state index contributed by atoms with van der Waals surface area (Å²) in [6, 6.07) is 1.22. The zero-order chi connectivity index (χ0) is 11.1. The number of nitrogens with one attached hydrogen (secondary N) is 1. The van der Waals surface area contributed by atoms with E-state index in [4.69, 9.17) is 4.74 Å². The molecule has 2 nitrogen and oxygen atoms in total. The van der Waals surface area contributed by atoms with E-state index in [0.717, 1.165) is 12.5 Å². The lowest BCUT2D eigenvalue weighted by atomic mass is 9.98. The van der Waals surface area contributed by atoms with E-state index in [1.54, 1.807) is 7.11 Å². The van der Waals surface area contributed by atoms with Gasteiger partial charge < -0.3 is 10.1 Å². The fourth-order valence-electron chi connectivity index (χ4n) is 2.73. The highest BCUT2D eigenvalue weighted by Gasteiger charge is 2.23. The van der Waals surface area contributed by atoms with Crippen LogP contribution in [0.1, 0.15) is 52.4 Å². The van der Waals surface area contributed by atoms with Gasteiger partial charge in [-0.2, -0.15) is 0 Å². The molecular weight excluding hydrogens is 186 g/mol. The Morgan fingerprint density at radius 3 is 2.53 bits per heavy atom. The van der Waals surface area contributed by atoms with Crippen molar-refractivity contribution in [1.82, 2.24) is 5.32 Å². The van der Waals surface area contributed by atoms with Gasteiger partial charge in [0.1, 0.15) is 0 Å².